The van der Waals surface area contributed by atoms with Crippen LogP contribution in [0.3, 0.4) is 0 Å². The van der Waals surface area contributed by atoms with Gasteiger partial charge in [0.2, 0.25) is 0 Å². The molecule has 90 valence electrons. The highest BCUT2D eigenvalue weighted by molar-refractivity contribution is 14.1. The largest absolute Gasteiger partial charge is 0.495 e. The van der Waals surface area contributed by atoms with Gasteiger partial charge in [-0.25, -0.2) is 22.2 Å². The molecule has 1 aromatic heterocycles. The maximum atomic E-state index is 12.8. The summed E-state index contributed by atoms with van der Waals surface area (Å²) in [5.41, 5.74) is -0.767. The summed E-state index contributed by atoms with van der Waals surface area (Å²) in [6.07, 6.45) is -2.00. The van der Waals surface area contributed by atoms with Crippen LogP contribution < -0.4 is 4.74 Å². The maximum Gasteiger partial charge on any atom is 0.268 e. The van der Waals surface area contributed by atoms with Crippen LogP contribution in [0.5, 0.6) is 5.75 Å². The minimum absolute atomic E-state index is 0.122. The van der Waals surface area contributed by atoms with Crippen LogP contribution in [0.15, 0.2) is 11.1 Å². The van der Waals surface area contributed by atoms with Gasteiger partial charge in [-0.15, -0.1) is 0 Å². The Labute approximate surface area is 109 Å². The Morgan fingerprint density at radius 2 is 2.12 bits per heavy atom. The normalized spacial score (nSPS) is 11.9. The molecule has 0 bridgehead atoms. The van der Waals surface area contributed by atoms with Gasteiger partial charge in [0.25, 0.3) is 15.5 Å². The molecule has 1 rings (SSSR count). The van der Waals surface area contributed by atoms with Crippen molar-refractivity contribution >= 4 is 42.3 Å². The van der Waals surface area contributed by atoms with Crippen molar-refractivity contribution in [2.45, 2.75) is 11.3 Å². The van der Waals surface area contributed by atoms with Crippen LogP contribution >= 0.6 is 33.3 Å². The summed E-state index contributed by atoms with van der Waals surface area (Å²) in [5, 5.41) is 0. The minimum atomic E-state index is -4.30. The highest BCUT2D eigenvalue weighted by atomic mass is 127. The monoisotopic (exact) mass is 383 g/mol. The van der Waals surface area contributed by atoms with E-state index in [1.807, 2.05) is 0 Å². The van der Waals surface area contributed by atoms with Gasteiger partial charge in [-0.3, -0.25) is 0 Å². The molecule has 16 heavy (non-hydrogen) atoms. The first-order chi connectivity index (χ1) is 7.29. The molecule has 0 atom stereocenters. The van der Waals surface area contributed by atoms with E-state index in [2.05, 4.69) is 9.72 Å². The Morgan fingerprint density at radius 1 is 1.56 bits per heavy atom. The van der Waals surface area contributed by atoms with Crippen LogP contribution in [-0.4, -0.2) is 20.5 Å². The molecule has 0 aromatic carbocycles. The number of pyridine rings is 1. The lowest BCUT2D eigenvalue weighted by Gasteiger charge is -2.11. The second kappa shape index (κ2) is 4.96. The molecule has 0 spiro atoms. The van der Waals surface area contributed by atoms with Crippen molar-refractivity contribution in [3.8, 4) is 5.75 Å². The Bertz CT molecular complexity index is 509. The zero-order chi connectivity index (χ0) is 12.5. The molecular weight excluding hydrogens is 379 g/mol. The van der Waals surface area contributed by atoms with Gasteiger partial charge in [0.15, 0.2) is 0 Å². The first-order valence-corrected chi connectivity index (χ1v) is 7.13. The fourth-order valence-electron chi connectivity index (χ4n) is 1.07. The van der Waals surface area contributed by atoms with E-state index in [0.29, 0.717) is 0 Å². The van der Waals surface area contributed by atoms with Crippen molar-refractivity contribution in [1.29, 1.82) is 0 Å². The third kappa shape index (κ3) is 2.72. The second-order valence-corrected chi connectivity index (χ2v) is 6.12. The van der Waals surface area contributed by atoms with Crippen molar-refractivity contribution in [2.24, 2.45) is 0 Å². The predicted octanol–water partition coefficient (Wildman–Crippen LogP) is 2.56. The highest BCUT2D eigenvalue weighted by Gasteiger charge is 2.29. The topological polar surface area (TPSA) is 56.3 Å². The predicted molar refractivity (Wildman–Crippen MR) is 61.5 cm³/mol. The molecule has 0 saturated carbocycles. The molecule has 0 saturated heterocycles. The Kier molecular flexibility index (Phi) is 4.29. The molecule has 0 unspecified atom stereocenters. The second-order valence-electron chi connectivity index (χ2n) is 2.60. The van der Waals surface area contributed by atoms with Crippen LogP contribution in [0.25, 0.3) is 0 Å². The van der Waals surface area contributed by atoms with Gasteiger partial charge in [-0.2, -0.15) is 0 Å². The average molecular weight is 384 g/mol. The van der Waals surface area contributed by atoms with Gasteiger partial charge < -0.3 is 4.74 Å². The fraction of sp³-hybridized carbons (Fsp3) is 0.286. The molecule has 1 heterocycles. The first-order valence-electron chi connectivity index (χ1n) is 3.74. The molecule has 0 aliphatic carbocycles. The van der Waals surface area contributed by atoms with E-state index in [9.17, 15) is 17.2 Å². The lowest BCUT2D eigenvalue weighted by atomic mass is 10.2. The third-order valence-corrected chi connectivity index (χ3v) is 4.22. The van der Waals surface area contributed by atoms with Crippen molar-refractivity contribution in [2.75, 3.05) is 7.11 Å². The van der Waals surface area contributed by atoms with Gasteiger partial charge in [0.1, 0.15) is 14.3 Å². The lowest BCUT2D eigenvalue weighted by molar-refractivity contribution is 0.143. The van der Waals surface area contributed by atoms with E-state index in [1.165, 1.54) is 22.6 Å². The number of alkyl halides is 2. The quantitative estimate of drug-likeness (QED) is 0.457. The SMILES string of the molecule is COc1cnc(I)c(S(=O)(=O)Cl)c1C(F)F. The Balaban J connectivity index is 3.69. The van der Waals surface area contributed by atoms with E-state index in [0.717, 1.165) is 13.3 Å². The number of hydrogen-bond acceptors (Lipinski definition) is 4. The number of nitrogens with zero attached hydrogens (tertiary/aromatic N) is 1. The first kappa shape index (κ1) is 13.8. The zero-order valence-corrected chi connectivity index (χ0v) is 11.5. The summed E-state index contributed by atoms with van der Waals surface area (Å²) >= 11 is 1.51. The fourth-order valence-corrected chi connectivity index (χ4v) is 3.93. The smallest absolute Gasteiger partial charge is 0.268 e. The number of ether oxygens (including phenoxy) is 1. The summed E-state index contributed by atoms with van der Waals surface area (Å²) in [7, 11) is 1.92. The summed E-state index contributed by atoms with van der Waals surface area (Å²) in [5.74, 6) is -0.311. The molecular formula is C7H5ClF2INO3S. The lowest BCUT2D eigenvalue weighted by Crippen LogP contribution is -2.06. The van der Waals surface area contributed by atoms with Gasteiger partial charge in [-0.05, 0) is 22.6 Å². The van der Waals surface area contributed by atoms with E-state index in [1.54, 1.807) is 0 Å². The number of rotatable bonds is 3. The standard InChI is InChI=1S/C7H5ClF2INO3S/c1-15-3-2-12-7(11)5(16(8,13)14)4(3)6(9)10/h2,6H,1H3. The van der Waals surface area contributed by atoms with E-state index in [4.69, 9.17) is 10.7 Å². The summed E-state index contributed by atoms with van der Waals surface area (Å²) in [6, 6.07) is 0. The van der Waals surface area contributed by atoms with Crippen molar-refractivity contribution in [1.82, 2.24) is 4.98 Å². The molecule has 0 amide bonds. The van der Waals surface area contributed by atoms with Gasteiger partial charge >= 0.3 is 0 Å². The summed E-state index contributed by atoms with van der Waals surface area (Å²) < 4.78 is 52.4. The third-order valence-electron chi connectivity index (χ3n) is 1.67. The number of methoxy groups -OCH3 is 1. The van der Waals surface area contributed by atoms with E-state index < -0.39 is 25.9 Å². The number of hydrogen-bond donors (Lipinski definition) is 0. The minimum Gasteiger partial charge on any atom is -0.495 e. The molecule has 0 fully saturated rings. The van der Waals surface area contributed by atoms with Crippen molar-refractivity contribution in [3.63, 3.8) is 0 Å². The van der Waals surface area contributed by atoms with Gasteiger partial charge in [-0.1, -0.05) is 0 Å². The Morgan fingerprint density at radius 3 is 2.50 bits per heavy atom. The maximum absolute atomic E-state index is 12.8. The van der Waals surface area contributed by atoms with Gasteiger partial charge in [0, 0.05) is 10.7 Å². The molecule has 1 aromatic rings. The summed E-state index contributed by atoms with van der Waals surface area (Å²) in [4.78, 5) is 2.92. The van der Waals surface area contributed by atoms with Crippen LogP contribution in [0, 0.1) is 3.70 Å². The van der Waals surface area contributed by atoms with Crippen molar-refractivity contribution < 1.29 is 21.9 Å². The molecule has 0 aliphatic rings. The highest BCUT2D eigenvalue weighted by Crippen LogP contribution is 2.37. The van der Waals surface area contributed by atoms with Crippen LogP contribution in [-0.2, 0) is 9.05 Å². The van der Waals surface area contributed by atoms with Crippen LogP contribution in [0.4, 0.5) is 8.78 Å². The molecule has 9 heteroatoms. The van der Waals surface area contributed by atoms with E-state index >= 15 is 0 Å². The van der Waals surface area contributed by atoms with Crippen LogP contribution in [0.2, 0.25) is 0 Å². The number of aromatic nitrogens is 1. The van der Waals surface area contributed by atoms with E-state index in [-0.39, 0.29) is 9.45 Å². The van der Waals surface area contributed by atoms with Gasteiger partial charge in [0.05, 0.1) is 18.9 Å². The molecule has 0 aliphatic heterocycles. The number of halogens is 4. The molecule has 0 radical (unpaired) electrons. The summed E-state index contributed by atoms with van der Waals surface area (Å²) in [6.45, 7) is 0. The molecule has 0 N–H and O–H groups in total. The van der Waals surface area contributed by atoms with Crippen molar-refractivity contribution in [3.05, 3.63) is 15.5 Å². The molecule has 4 nitrogen and oxygen atoms in total. The average Bonchev–Trinajstić information content (AvgIpc) is 2.15. The zero-order valence-electron chi connectivity index (χ0n) is 7.75. The Hall–Kier alpha value is -0.220. The van der Waals surface area contributed by atoms with Crippen LogP contribution in [0.1, 0.15) is 12.0 Å².